The van der Waals surface area contributed by atoms with E-state index >= 15 is 0 Å². The summed E-state index contributed by atoms with van der Waals surface area (Å²) in [6, 6.07) is 17.4. The number of rotatable bonds is 2. The maximum absolute atomic E-state index is 9.45. The molecular formula is C17H14N2O2. The first-order chi connectivity index (χ1) is 10.2. The fourth-order valence-corrected chi connectivity index (χ4v) is 2.55. The fraction of sp³-hybridized carbons (Fsp3) is 0.118. The van der Waals surface area contributed by atoms with Crippen LogP contribution in [0.15, 0.2) is 60.0 Å². The number of nitrogens with two attached hydrogens (primary N) is 1. The lowest BCUT2D eigenvalue weighted by molar-refractivity contribution is 0.386. The van der Waals surface area contributed by atoms with Crippen LogP contribution in [0.3, 0.4) is 0 Å². The van der Waals surface area contributed by atoms with Crippen molar-refractivity contribution < 1.29 is 9.47 Å². The van der Waals surface area contributed by atoms with E-state index < -0.39 is 0 Å². The Morgan fingerprint density at radius 1 is 1.19 bits per heavy atom. The molecule has 3 rings (SSSR count). The number of ether oxygens (including phenoxy) is 2. The normalized spacial score (nSPS) is 16.7. The van der Waals surface area contributed by atoms with Gasteiger partial charge in [0.2, 0.25) is 5.88 Å². The summed E-state index contributed by atoms with van der Waals surface area (Å²) in [5, 5.41) is 9.45. The number of nitriles is 1. The minimum absolute atomic E-state index is 0.156. The summed E-state index contributed by atoms with van der Waals surface area (Å²) < 4.78 is 10.8. The topological polar surface area (TPSA) is 68.3 Å². The Bertz CT molecular complexity index is 745. The van der Waals surface area contributed by atoms with Crippen LogP contribution in [0.5, 0.6) is 11.5 Å². The summed E-state index contributed by atoms with van der Waals surface area (Å²) in [6.45, 7) is 0. The lowest BCUT2D eigenvalue weighted by Gasteiger charge is -2.26. The van der Waals surface area contributed by atoms with Crippen LogP contribution in [0, 0.1) is 11.3 Å². The van der Waals surface area contributed by atoms with Gasteiger partial charge in [0.25, 0.3) is 0 Å². The number of nitrogens with zero attached hydrogens (tertiary/aromatic N) is 1. The standard InChI is InChI=1S/C17H14N2O2/c1-20-12-7-8-15-13(9-12)16(11-5-3-2-4-6-11)14(10-18)17(19)21-15/h2-9,16H,19H2,1H3/t16-/m0/s1. The molecule has 1 aliphatic heterocycles. The molecule has 0 saturated carbocycles. The van der Waals surface area contributed by atoms with Crippen LogP contribution in [0.1, 0.15) is 17.0 Å². The minimum atomic E-state index is -0.241. The van der Waals surface area contributed by atoms with Gasteiger partial charge in [-0.2, -0.15) is 5.26 Å². The Morgan fingerprint density at radius 2 is 1.95 bits per heavy atom. The third-order valence-corrected chi connectivity index (χ3v) is 3.56. The number of methoxy groups -OCH3 is 1. The Hall–Kier alpha value is -2.93. The van der Waals surface area contributed by atoms with Gasteiger partial charge in [-0.3, -0.25) is 0 Å². The van der Waals surface area contributed by atoms with E-state index in [0.29, 0.717) is 11.3 Å². The van der Waals surface area contributed by atoms with Crippen molar-refractivity contribution in [3.8, 4) is 17.6 Å². The predicted octanol–water partition coefficient (Wildman–Crippen LogP) is 2.91. The monoisotopic (exact) mass is 278 g/mol. The molecule has 1 aliphatic rings. The maximum atomic E-state index is 9.45. The van der Waals surface area contributed by atoms with Crippen molar-refractivity contribution in [3.05, 3.63) is 71.1 Å². The molecule has 4 heteroatoms. The molecule has 104 valence electrons. The average molecular weight is 278 g/mol. The predicted molar refractivity (Wildman–Crippen MR) is 78.7 cm³/mol. The lowest BCUT2D eigenvalue weighted by atomic mass is 9.83. The Kier molecular flexibility index (Phi) is 3.25. The first-order valence-corrected chi connectivity index (χ1v) is 6.55. The molecule has 1 heterocycles. The molecule has 0 radical (unpaired) electrons. The average Bonchev–Trinajstić information content (AvgIpc) is 2.54. The molecule has 0 amide bonds. The number of allylic oxidation sites excluding steroid dienone is 1. The smallest absolute Gasteiger partial charge is 0.205 e. The quantitative estimate of drug-likeness (QED) is 0.917. The van der Waals surface area contributed by atoms with Gasteiger partial charge < -0.3 is 15.2 Å². The van der Waals surface area contributed by atoms with Crippen LogP contribution in [0.25, 0.3) is 0 Å². The lowest BCUT2D eigenvalue weighted by Crippen LogP contribution is -2.21. The second kappa shape index (κ2) is 5.22. The van der Waals surface area contributed by atoms with E-state index in [1.807, 2.05) is 48.5 Å². The summed E-state index contributed by atoms with van der Waals surface area (Å²) in [7, 11) is 1.61. The highest BCUT2D eigenvalue weighted by Crippen LogP contribution is 2.43. The second-order valence-electron chi connectivity index (χ2n) is 4.74. The van der Waals surface area contributed by atoms with Gasteiger partial charge in [-0.15, -0.1) is 0 Å². The zero-order valence-corrected chi connectivity index (χ0v) is 11.5. The van der Waals surface area contributed by atoms with Gasteiger partial charge >= 0.3 is 0 Å². The van der Waals surface area contributed by atoms with Crippen LogP contribution in [0.4, 0.5) is 0 Å². The summed E-state index contributed by atoms with van der Waals surface area (Å²) in [4.78, 5) is 0. The van der Waals surface area contributed by atoms with Crippen LogP contribution in [-0.2, 0) is 0 Å². The van der Waals surface area contributed by atoms with Gasteiger partial charge in [-0.1, -0.05) is 30.3 Å². The maximum Gasteiger partial charge on any atom is 0.205 e. The van der Waals surface area contributed by atoms with Crippen molar-refractivity contribution in [1.82, 2.24) is 0 Å². The van der Waals surface area contributed by atoms with E-state index in [1.54, 1.807) is 7.11 Å². The van der Waals surface area contributed by atoms with E-state index in [4.69, 9.17) is 15.2 Å². The second-order valence-corrected chi connectivity index (χ2v) is 4.74. The van der Waals surface area contributed by atoms with E-state index in [-0.39, 0.29) is 11.8 Å². The highest BCUT2D eigenvalue weighted by atomic mass is 16.5. The molecule has 0 aliphatic carbocycles. The van der Waals surface area contributed by atoms with Gasteiger partial charge in [0.1, 0.15) is 23.1 Å². The van der Waals surface area contributed by atoms with E-state index in [0.717, 1.165) is 16.9 Å². The molecule has 0 fully saturated rings. The molecule has 21 heavy (non-hydrogen) atoms. The van der Waals surface area contributed by atoms with Gasteiger partial charge in [0, 0.05) is 5.56 Å². The van der Waals surface area contributed by atoms with Crippen LogP contribution in [0.2, 0.25) is 0 Å². The zero-order valence-electron chi connectivity index (χ0n) is 11.5. The van der Waals surface area contributed by atoms with Crippen molar-refractivity contribution in [1.29, 1.82) is 5.26 Å². The number of hydrogen-bond donors (Lipinski definition) is 1. The summed E-state index contributed by atoms with van der Waals surface area (Å²) in [6.07, 6.45) is 0. The molecule has 0 spiro atoms. The first kappa shape index (κ1) is 13.1. The number of hydrogen-bond acceptors (Lipinski definition) is 4. The third-order valence-electron chi connectivity index (χ3n) is 3.56. The molecule has 2 aromatic rings. The van der Waals surface area contributed by atoms with Crippen molar-refractivity contribution in [2.45, 2.75) is 5.92 Å². The van der Waals surface area contributed by atoms with Gasteiger partial charge in [0.05, 0.1) is 13.0 Å². The molecule has 2 aromatic carbocycles. The first-order valence-electron chi connectivity index (χ1n) is 6.55. The number of benzene rings is 2. The highest BCUT2D eigenvalue weighted by molar-refractivity contribution is 5.57. The minimum Gasteiger partial charge on any atom is -0.497 e. The Morgan fingerprint density at radius 3 is 2.62 bits per heavy atom. The molecule has 0 saturated heterocycles. The SMILES string of the molecule is COc1ccc2c(c1)[C@H](c1ccccc1)C(C#N)=C(N)O2. The van der Waals surface area contributed by atoms with Crippen molar-refractivity contribution in [3.63, 3.8) is 0 Å². The Balaban J connectivity index is 2.22. The molecule has 4 nitrogen and oxygen atoms in total. The van der Waals surface area contributed by atoms with Gasteiger partial charge in [-0.25, -0.2) is 0 Å². The molecule has 0 aromatic heterocycles. The van der Waals surface area contributed by atoms with Crippen molar-refractivity contribution in [2.24, 2.45) is 5.73 Å². The van der Waals surface area contributed by atoms with Gasteiger partial charge in [0.15, 0.2) is 0 Å². The van der Waals surface area contributed by atoms with Crippen molar-refractivity contribution in [2.75, 3.05) is 7.11 Å². The van der Waals surface area contributed by atoms with E-state index in [2.05, 4.69) is 6.07 Å². The summed E-state index contributed by atoms with van der Waals surface area (Å²) in [5.74, 6) is 1.29. The molecule has 0 bridgehead atoms. The van der Waals surface area contributed by atoms with Crippen LogP contribution in [-0.4, -0.2) is 7.11 Å². The van der Waals surface area contributed by atoms with Gasteiger partial charge in [-0.05, 0) is 23.8 Å². The van der Waals surface area contributed by atoms with Crippen LogP contribution >= 0.6 is 0 Å². The molecule has 0 unspecified atom stereocenters. The largest absolute Gasteiger partial charge is 0.497 e. The van der Waals surface area contributed by atoms with E-state index in [1.165, 1.54) is 0 Å². The molecule has 2 N–H and O–H groups in total. The molecule has 1 atom stereocenters. The Labute approximate surface area is 123 Å². The molecular weight excluding hydrogens is 264 g/mol. The van der Waals surface area contributed by atoms with E-state index in [9.17, 15) is 5.26 Å². The number of fused-ring (bicyclic) bond motifs is 1. The highest BCUT2D eigenvalue weighted by Gasteiger charge is 2.30. The van der Waals surface area contributed by atoms with Crippen molar-refractivity contribution >= 4 is 0 Å². The summed E-state index contributed by atoms with van der Waals surface area (Å²) in [5.41, 5.74) is 8.20. The fourth-order valence-electron chi connectivity index (χ4n) is 2.55. The third kappa shape index (κ3) is 2.19. The van der Waals surface area contributed by atoms with Crippen LogP contribution < -0.4 is 15.2 Å². The summed E-state index contributed by atoms with van der Waals surface area (Å²) >= 11 is 0. The zero-order chi connectivity index (χ0) is 14.8.